The van der Waals surface area contributed by atoms with Gasteiger partial charge in [-0.05, 0) is 37.0 Å². The molecule has 0 radical (unpaired) electrons. The maximum Gasteiger partial charge on any atom is 0.401 e. The molecule has 0 unspecified atom stereocenters. The molecule has 16 heavy (non-hydrogen) atoms. The van der Waals surface area contributed by atoms with Gasteiger partial charge in [-0.3, -0.25) is 4.90 Å². The van der Waals surface area contributed by atoms with E-state index < -0.39 is 12.7 Å². The first-order valence-electron chi connectivity index (χ1n) is 5.81. The third kappa shape index (κ3) is 4.17. The predicted molar refractivity (Wildman–Crippen MR) is 62.9 cm³/mol. The van der Waals surface area contributed by atoms with Gasteiger partial charge in [-0.25, -0.2) is 0 Å². The Morgan fingerprint density at radius 1 is 1.31 bits per heavy atom. The van der Waals surface area contributed by atoms with Gasteiger partial charge in [-0.2, -0.15) is 25.8 Å². The van der Waals surface area contributed by atoms with E-state index in [1.807, 2.05) is 6.92 Å². The van der Waals surface area contributed by atoms with Gasteiger partial charge in [0, 0.05) is 6.54 Å². The van der Waals surface area contributed by atoms with Crippen LogP contribution in [0.1, 0.15) is 32.6 Å². The molecule has 0 atom stereocenters. The van der Waals surface area contributed by atoms with E-state index in [9.17, 15) is 13.2 Å². The highest BCUT2D eigenvalue weighted by atomic mass is 32.1. The van der Waals surface area contributed by atoms with Crippen LogP contribution in [-0.2, 0) is 0 Å². The highest BCUT2D eigenvalue weighted by Crippen LogP contribution is 2.42. The SMILES string of the molecule is CCCN(CC(F)(F)F)CC1(CS)CCC1. The van der Waals surface area contributed by atoms with E-state index in [1.54, 1.807) is 0 Å². The summed E-state index contributed by atoms with van der Waals surface area (Å²) in [5.41, 5.74) is 0.0452. The summed E-state index contributed by atoms with van der Waals surface area (Å²) in [5.74, 6) is 0.699. The Labute approximate surface area is 101 Å². The molecular weight excluding hydrogens is 235 g/mol. The highest BCUT2D eigenvalue weighted by Gasteiger charge is 2.39. The zero-order valence-corrected chi connectivity index (χ0v) is 10.6. The normalized spacial score (nSPS) is 19.9. The summed E-state index contributed by atoms with van der Waals surface area (Å²) in [5, 5.41) is 0. The Bertz CT molecular complexity index is 208. The Hall–Kier alpha value is 0.100. The molecular formula is C11H20F3NS. The Balaban J connectivity index is 2.50. The largest absolute Gasteiger partial charge is 0.401 e. The van der Waals surface area contributed by atoms with E-state index in [2.05, 4.69) is 12.6 Å². The van der Waals surface area contributed by atoms with Crippen molar-refractivity contribution in [3.63, 3.8) is 0 Å². The molecule has 0 N–H and O–H groups in total. The molecule has 1 aliphatic carbocycles. The number of nitrogens with zero attached hydrogens (tertiary/aromatic N) is 1. The molecule has 0 bridgehead atoms. The first kappa shape index (κ1) is 14.2. The van der Waals surface area contributed by atoms with E-state index >= 15 is 0 Å². The average Bonchev–Trinajstić information content (AvgIpc) is 2.09. The highest BCUT2D eigenvalue weighted by molar-refractivity contribution is 7.80. The molecule has 1 rings (SSSR count). The van der Waals surface area contributed by atoms with Crippen molar-refractivity contribution >= 4 is 12.6 Å². The van der Waals surface area contributed by atoms with Crippen LogP contribution in [0.5, 0.6) is 0 Å². The fourth-order valence-electron chi connectivity index (χ4n) is 2.30. The lowest BCUT2D eigenvalue weighted by Gasteiger charge is -2.44. The van der Waals surface area contributed by atoms with Crippen molar-refractivity contribution < 1.29 is 13.2 Å². The molecule has 1 saturated carbocycles. The fourth-order valence-corrected chi connectivity index (χ4v) is 2.72. The minimum atomic E-state index is -4.09. The summed E-state index contributed by atoms with van der Waals surface area (Å²) in [6, 6.07) is 0. The van der Waals surface area contributed by atoms with Gasteiger partial charge in [-0.1, -0.05) is 13.3 Å². The van der Waals surface area contributed by atoms with Crippen LogP contribution in [0, 0.1) is 5.41 Å². The van der Waals surface area contributed by atoms with Crippen LogP contribution in [0.15, 0.2) is 0 Å². The summed E-state index contributed by atoms with van der Waals surface area (Å²) in [4.78, 5) is 1.54. The molecule has 0 aliphatic heterocycles. The molecule has 0 heterocycles. The van der Waals surface area contributed by atoms with Crippen molar-refractivity contribution in [3.8, 4) is 0 Å². The second-order valence-corrected chi connectivity index (χ2v) is 5.15. The van der Waals surface area contributed by atoms with Gasteiger partial charge in [0.05, 0.1) is 6.54 Å². The van der Waals surface area contributed by atoms with Crippen molar-refractivity contribution in [1.82, 2.24) is 4.90 Å². The lowest BCUT2D eigenvalue weighted by Crippen LogP contribution is -2.46. The summed E-state index contributed by atoms with van der Waals surface area (Å²) in [6.07, 6.45) is -0.148. The molecule has 0 spiro atoms. The number of hydrogen-bond donors (Lipinski definition) is 1. The molecule has 0 aromatic heterocycles. The molecule has 5 heteroatoms. The lowest BCUT2D eigenvalue weighted by atomic mass is 9.70. The van der Waals surface area contributed by atoms with Gasteiger partial charge in [0.2, 0.25) is 0 Å². The molecule has 1 aliphatic rings. The number of hydrogen-bond acceptors (Lipinski definition) is 2. The van der Waals surface area contributed by atoms with Crippen LogP contribution < -0.4 is 0 Å². The lowest BCUT2D eigenvalue weighted by molar-refractivity contribution is -0.150. The Morgan fingerprint density at radius 2 is 1.94 bits per heavy atom. The zero-order chi connectivity index (χ0) is 12.2. The minimum Gasteiger partial charge on any atom is -0.294 e. The van der Waals surface area contributed by atoms with Crippen molar-refractivity contribution in [2.75, 3.05) is 25.4 Å². The van der Waals surface area contributed by atoms with Gasteiger partial charge in [0.15, 0.2) is 0 Å². The van der Waals surface area contributed by atoms with Gasteiger partial charge in [-0.15, -0.1) is 0 Å². The van der Waals surface area contributed by atoms with Crippen LogP contribution in [0.4, 0.5) is 13.2 Å². The molecule has 0 aromatic rings. The van der Waals surface area contributed by atoms with Crippen LogP contribution in [0.2, 0.25) is 0 Å². The maximum absolute atomic E-state index is 12.4. The van der Waals surface area contributed by atoms with E-state index in [-0.39, 0.29) is 5.41 Å². The van der Waals surface area contributed by atoms with Crippen molar-refractivity contribution in [2.45, 2.75) is 38.8 Å². The molecule has 0 aromatic carbocycles. The van der Waals surface area contributed by atoms with E-state index in [0.29, 0.717) is 18.8 Å². The molecule has 0 saturated heterocycles. The third-order valence-electron chi connectivity index (χ3n) is 3.25. The van der Waals surface area contributed by atoms with Crippen molar-refractivity contribution in [1.29, 1.82) is 0 Å². The molecule has 1 nitrogen and oxygen atoms in total. The second kappa shape index (κ2) is 5.63. The maximum atomic E-state index is 12.4. The summed E-state index contributed by atoms with van der Waals surface area (Å²) >= 11 is 4.28. The third-order valence-corrected chi connectivity index (χ3v) is 3.92. The minimum absolute atomic E-state index is 0.0452. The first-order chi connectivity index (χ1) is 7.41. The monoisotopic (exact) mass is 255 g/mol. The average molecular weight is 255 g/mol. The molecule has 96 valence electrons. The molecule has 1 fully saturated rings. The van der Waals surface area contributed by atoms with Crippen LogP contribution in [0.25, 0.3) is 0 Å². The number of alkyl halides is 3. The summed E-state index contributed by atoms with van der Waals surface area (Å²) in [6.45, 7) is 2.20. The second-order valence-electron chi connectivity index (χ2n) is 4.84. The fraction of sp³-hybridized carbons (Fsp3) is 1.00. The smallest absolute Gasteiger partial charge is 0.294 e. The topological polar surface area (TPSA) is 3.24 Å². The van der Waals surface area contributed by atoms with Crippen LogP contribution in [0.3, 0.4) is 0 Å². The molecule has 0 amide bonds. The standard InChI is InChI=1S/C11H20F3NS/c1-2-6-15(8-11(12,13)14)7-10(9-16)4-3-5-10/h16H,2-9H2,1H3. The van der Waals surface area contributed by atoms with Gasteiger partial charge < -0.3 is 0 Å². The zero-order valence-electron chi connectivity index (χ0n) is 9.69. The van der Waals surface area contributed by atoms with Gasteiger partial charge in [0.25, 0.3) is 0 Å². The van der Waals surface area contributed by atoms with Crippen LogP contribution >= 0.6 is 12.6 Å². The van der Waals surface area contributed by atoms with Crippen molar-refractivity contribution in [2.24, 2.45) is 5.41 Å². The summed E-state index contributed by atoms with van der Waals surface area (Å²) < 4.78 is 37.1. The van der Waals surface area contributed by atoms with Gasteiger partial charge in [0.1, 0.15) is 0 Å². The van der Waals surface area contributed by atoms with Crippen LogP contribution in [-0.4, -0.2) is 36.5 Å². The number of thiol groups is 1. The number of halogens is 3. The van der Waals surface area contributed by atoms with E-state index in [1.165, 1.54) is 4.90 Å². The first-order valence-corrected chi connectivity index (χ1v) is 6.44. The number of rotatable bonds is 6. The van der Waals surface area contributed by atoms with Gasteiger partial charge >= 0.3 is 6.18 Å². The van der Waals surface area contributed by atoms with Crippen molar-refractivity contribution in [3.05, 3.63) is 0 Å². The summed E-state index contributed by atoms with van der Waals surface area (Å²) in [7, 11) is 0. The van der Waals surface area contributed by atoms with E-state index in [4.69, 9.17) is 0 Å². The Kier molecular flexibility index (Phi) is 4.98. The quantitative estimate of drug-likeness (QED) is 0.712. The Morgan fingerprint density at radius 3 is 2.25 bits per heavy atom. The van der Waals surface area contributed by atoms with E-state index in [0.717, 1.165) is 25.7 Å². The predicted octanol–water partition coefficient (Wildman–Crippen LogP) is 3.36.